The predicted molar refractivity (Wildman–Crippen MR) is 123 cm³/mol. The first-order valence-electron chi connectivity index (χ1n) is 10.4. The molecule has 2 amide bonds. The number of ether oxygens (including phenoxy) is 1. The van der Waals surface area contributed by atoms with Gasteiger partial charge in [0.25, 0.3) is 5.91 Å². The number of carbonyl (C=O) groups is 3. The van der Waals surface area contributed by atoms with Gasteiger partial charge in [0.05, 0.1) is 12.1 Å². The second-order valence-corrected chi connectivity index (χ2v) is 7.76. The summed E-state index contributed by atoms with van der Waals surface area (Å²) in [5.41, 5.74) is 4.93. The fraction of sp³-hybridized carbons (Fsp3) is 0.240. The monoisotopic (exact) mass is 451 g/mol. The molecule has 0 aliphatic heterocycles. The zero-order valence-electron chi connectivity index (χ0n) is 19.0. The van der Waals surface area contributed by atoms with Crippen LogP contribution >= 0.6 is 0 Å². The van der Waals surface area contributed by atoms with Gasteiger partial charge in [0.1, 0.15) is 5.82 Å². The summed E-state index contributed by atoms with van der Waals surface area (Å²) in [6.45, 7) is 6.56. The lowest BCUT2D eigenvalue weighted by Gasteiger charge is -2.12. The fourth-order valence-electron chi connectivity index (χ4n) is 3.59. The second kappa shape index (κ2) is 10.1. The number of esters is 1. The van der Waals surface area contributed by atoms with Crippen LogP contribution in [0.3, 0.4) is 0 Å². The summed E-state index contributed by atoms with van der Waals surface area (Å²) >= 11 is 0. The van der Waals surface area contributed by atoms with Gasteiger partial charge in [-0.2, -0.15) is 0 Å². The number of nitrogens with one attached hydrogen (secondary N) is 2. The Bertz CT molecular complexity index is 1180. The number of aromatic nitrogens is 1. The zero-order valence-corrected chi connectivity index (χ0v) is 19.0. The lowest BCUT2D eigenvalue weighted by molar-refractivity contribution is -0.126. The maximum absolute atomic E-state index is 13.2. The maximum Gasteiger partial charge on any atom is 0.340 e. The molecule has 0 unspecified atom stereocenters. The summed E-state index contributed by atoms with van der Waals surface area (Å²) in [6.07, 6.45) is 0. The topological polar surface area (TPSA) is 89.4 Å². The van der Waals surface area contributed by atoms with E-state index in [1.165, 1.54) is 12.1 Å². The van der Waals surface area contributed by atoms with Crippen molar-refractivity contribution in [3.8, 4) is 5.69 Å². The van der Waals surface area contributed by atoms with Gasteiger partial charge in [0, 0.05) is 22.8 Å². The number of rotatable bonds is 7. The Labute approximate surface area is 191 Å². The Hall–Kier alpha value is -3.94. The molecule has 0 bridgehead atoms. The quantitative estimate of drug-likeness (QED) is 0.536. The minimum absolute atomic E-state index is 0.247. The summed E-state index contributed by atoms with van der Waals surface area (Å²) in [7, 11) is 0. The minimum Gasteiger partial charge on any atom is -0.452 e. The van der Waals surface area contributed by atoms with Gasteiger partial charge in [-0.25, -0.2) is 9.18 Å². The van der Waals surface area contributed by atoms with Crippen molar-refractivity contribution in [3.63, 3.8) is 0 Å². The lowest BCUT2D eigenvalue weighted by atomic mass is 10.1. The molecule has 2 aromatic carbocycles. The van der Waals surface area contributed by atoms with Gasteiger partial charge >= 0.3 is 5.97 Å². The Balaban J connectivity index is 1.54. The number of nitrogens with zero attached hydrogens (tertiary/aromatic N) is 1. The molecule has 33 heavy (non-hydrogen) atoms. The smallest absolute Gasteiger partial charge is 0.340 e. The Morgan fingerprint density at radius 3 is 2.21 bits per heavy atom. The van der Waals surface area contributed by atoms with Crippen LogP contribution in [-0.4, -0.2) is 35.5 Å². The molecule has 0 spiro atoms. The van der Waals surface area contributed by atoms with E-state index >= 15 is 0 Å². The van der Waals surface area contributed by atoms with Crippen molar-refractivity contribution >= 4 is 23.5 Å². The van der Waals surface area contributed by atoms with Crippen LogP contribution in [-0.2, 0) is 14.3 Å². The van der Waals surface area contributed by atoms with E-state index in [1.54, 1.807) is 29.7 Å². The number of halogens is 1. The maximum atomic E-state index is 13.2. The molecule has 0 aliphatic carbocycles. The molecular formula is C25H26FN3O4. The van der Waals surface area contributed by atoms with Crippen LogP contribution in [0.5, 0.6) is 0 Å². The number of anilines is 1. The van der Waals surface area contributed by atoms with Crippen LogP contribution < -0.4 is 10.6 Å². The Morgan fingerprint density at radius 2 is 1.58 bits per heavy atom. The second-order valence-electron chi connectivity index (χ2n) is 7.76. The summed E-state index contributed by atoms with van der Waals surface area (Å²) in [6, 6.07) is 13.2. The first-order valence-corrected chi connectivity index (χ1v) is 10.4. The van der Waals surface area contributed by atoms with Crippen molar-refractivity contribution in [3.05, 3.63) is 82.4 Å². The number of benzene rings is 2. The van der Waals surface area contributed by atoms with Crippen LogP contribution in [0.25, 0.3) is 5.69 Å². The Morgan fingerprint density at radius 1 is 0.939 bits per heavy atom. The third kappa shape index (κ3) is 5.65. The Kier molecular flexibility index (Phi) is 7.27. The van der Waals surface area contributed by atoms with E-state index in [-0.39, 0.29) is 18.3 Å². The van der Waals surface area contributed by atoms with Gasteiger partial charge in [0.15, 0.2) is 6.61 Å². The molecule has 0 saturated heterocycles. The average molecular weight is 451 g/mol. The third-order valence-electron chi connectivity index (χ3n) is 5.26. The van der Waals surface area contributed by atoms with Crippen molar-refractivity contribution < 1.29 is 23.5 Å². The highest BCUT2D eigenvalue weighted by molar-refractivity contribution is 5.96. The van der Waals surface area contributed by atoms with Crippen molar-refractivity contribution in [2.45, 2.75) is 27.7 Å². The predicted octanol–water partition coefficient (Wildman–Crippen LogP) is 3.76. The molecule has 2 N–H and O–H groups in total. The molecule has 0 atom stereocenters. The largest absolute Gasteiger partial charge is 0.452 e. The molecular weight excluding hydrogens is 425 g/mol. The molecule has 1 aromatic heterocycles. The third-order valence-corrected chi connectivity index (χ3v) is 5.26. The van der Waals surface area contributed by atoms with Crippen LogP contribution in [0.15, 0.2) is 48.5 Å². The number of para-hydroxylation sites is 1. The fourth-order valence-corrected chi connectivity index (χ4v) is 3.59. The number of hydrogen-bond acceptors (Lipinski definition) is 4. The van der Waals surface area contributed by atoms with E-state index in [2.05, 4.69) is 10.6 Å². The van der Waals surface area contributed by atoms with Gasteiger partial charge in [0.2, 0.25) is 5.91 Å². The normalized spacial score (nSPS) is 10.6. The van der Waals surface area contributed by atoms with E-state index in [0.717, 1.165) is 16.8 Å². The molecule has 8 heteroatoms. The van der Waals surface area contributed by atoms with E-state index in [9.17, 15) is 18.8 Å². The van der Waals surface area contributed by atoms with E-state index in [4.69, 9.17) is 4.74 Å². The first-order chi connectivity index (χ1) is 15.7. The van der Waals surface area contributed by atoms with Gasteiger partial charge in [-0.15, -0.1) is 0 Å². The first kappa shape index (κ1) is 23.7. The summed E-state index contributed by atoms with van der Waals surface area (Å²) in [5, 5.41) is 5.21. The number of hydrogen-bond donors (Lipinski definition) is 2. The average Bonchev–Trinajstić information content (AvgIpc) is 3.08. The van der Waals surface area contributed by atoms with Crippen LogP contribution in [0, 0.1) is 33.5 Å². The van der Waals surface area contributed by atoms with E-state index < -0.39 is 18.5 Å². The van der Waals surface area contributed by atoms with Gasteiger partial charge in [-0.05, 0) is 69.2 Å². The lowest BCUT2D eigenvalue weighted by Crippen LogP contribution is -2.35. The standard InChI is InChI=1S/C25H26FN3O4/c1-15-6-5-7-16(2)24(15)28-22(30)13-27-23(31)14-33-25(32)21-12-17(3)29(18(21)4)20-10-8-19(26)9-11-20/h5-12H,13-14H2,1-4H3,(H,27,31)(H,28,30). The summed E-state index contributed by atoms with van der Waals surface area (Å²) in [5.74, 6) is -1.98. The van der Waals surface area contributed by atoms with Crippen LogP contribution in [0.2, 0.25) is 0 Å². The zero-order chi connectivity index (χ0) is 24.1. The number of amides is 2. The van der Waals surface area contributed by atoms with Crippen molar-refractivity contribution in [2.75, 3.05) is 18.5 Å². The molecule has 7 nitrogen and oxygen atoms in total. The molecule has 0 fully saturated rings. The number of aryl methyl sites for hydroxylation is 3. The molecule has 0 saturated carbocycles. The van der Waals surface area contributed by atoms with Crippen LogP contribution in [0.4, 0.5) is 10.1 Å². The van der Waals surface area contributed by atoms with Crippen LogP contribution in [0.1, 0.15) is 32.9 Å². The van der Waals surface area contributed by atoms with Gasteiger partial charge < -0.3 is 19.9 Å². The molecule has 3 aromatic rings. The molecule has 3 rings (SSSR count). The highest BCUT2D eigenvalue weighted by Gasteiger charge is 2.19. The van der Waals surface area contributed by atoms with Crippen molar-refractivity contribution in [2.24, 2.45) is 0 Å². The molecule has 0 aliphatic rings. The number of carbonyl (C=O) groups excluding carboxylic acids is 3. The molecule has 1 heterocycles. The molecule has 0 radical (unpaired) electrons. The summed E-state index contributed by atoms with van der Waals surface area (Å²) in [4.78, 5) is 36.8. The van der Waals surface area contributed by atoms with Gasteiger partial charge in [-0.3, -0.25) is 9.59 Å². The van der Waals surface area contributed by atoms with Gasteiger partial charge in [-0.1, -0.05) is 18.2 Å². The summed E-state index contributed by atoms with van der Waals surface area (Å²) < 4.78 is 20.2. The molecule has 172 valence electrons. The van der Waals surface area contributed by atoms with Crippen molar-refractivity contribution in [1.29, 1.82) is 0 Å². The SMILES string of the molecule is Cc1cccc(C)c1NC(=O)CNC(=O)COC(=O)c1cc(C)n(-c2ccc(F)cc2)c1C. The minimum atomic E-state index is -0.661. The van der Waals surface area contributed by atoms with E-state index in [0.29, 0.717) is 22.6 Å². The highest BCUT2D eigenvalue weighted by atomic mass is 19.1. The highest BCUT2D eigenvalue weighted by Crippen LogP contribution is 2.22. The van der Waals surface area contributed by atoms with Crippen molar-refractivity contribution in [1.82, 2.24) is 9.88 Å². The van der Waals surface area contributed by atoms with E-state index in [1.807, 2.05) is 39.0 Å².